The second-order valence-electron chi connectivity index (χ2n) is 6.12. The zero-order valence-corrected chi connectivity index (χ0v) is 18.5. The monoisotopic (exact) mass is 490 g/mol. The number of hydrogen-bond donors (Lipinski definition) is 2. The van der Waals surface area contributed by atoms with Crippen LogP contribution in [0.15, 0.2) is 33.8 Å². The average molecular weight is 490 g/mol. The van der Waals surface area contributed by atoms with E-state index in [0.29, 0.717) is 31.6 Å². The fourth-order valence-corrected chi connectivity index (χ4v) is 2.28. The van der Waals surface area contributed by atoms with Crippen molar-refractivity contribution in [2.75, 3.05) is 13.2 Å². The molecule has 1 aromatic carbocycles. The van der Waals surface area contributed by atoms with Crippen LogP contribution in [-0.2, 0) is 13.1 Å². The predicted molar refractivity (Wildman–Crippen MR) is 115 cm³/mol. The maximum Gasteiger partial charge on any atom is 0.191 e. The number of aliphatic imine (C=N–C) groups is 1. The third-order valence-corrected chi connectivity index (χ3v) is 3.66. The fraction of sp³-hybridized carbons (Fsp3) is 0.474. The van der Waals surface area contributed by atoms with Crippen LogP contribution in [0.3, 0.4) is 0 Å². The van der Waals surface area contributed by atoms with Crippen LogP contribution in [0.25, 0.3) is 0 Å². The maximum atomic E-state index is 13.9. The first-order valence-corrected chi connectivity index (χ1v) is 8.92. The van der Waals surface area contributed by atoms with Gasteiger partial charge in [-0.25, -0.2) is 9.38 Å². The number of nitrogens with zero attached hydrogens (tertiary/aromatic N) is 2. The molecule has 2 rings (SSSR count). The van der Waals surface area contributed by atoms with E-state index in [9.17, 15) is 4.39 Å². The molecule has 2 N–H and O–H groups in total. The Labute approximate surface area is 177 Å². The van der Waals surface area contributed by atoms with Gasteiger partial charge in [0.2, 0.25) is 0 Å². The van der Waals surface area contributed by atoms with E-state index >= 15 is 0 Å². The topological polar surface area (TPSA) is 71.7 Å². The van der Waals surface area contributed by atoms with Crippen molar-refractivity contribution >= 4 is 29.9 Å². The molecular formula is C19H28FIN4O2. The number of rotatable bonds is 8. The highest BCUT2D eigenvalue weighted by Gasteiger charge is 2.08. The highest BCUT2D eigenvalue weighted by atomic mass is 127. The smallest absolute Gasteiger partial charge is 0.191 e. The SMILES string of the molecule is CCNC(=NCc1ccc(OCC)c(F)c1)NCc1cc(C(C)C)no1.I. The number of hydrogen-bond acceptors (Lipinski definition) is 4. The van der Waals surface area contributed by atoms with Crippen LogP contribution in [-0.4, -0.2) is 24.3 Å². The first-order valence-electron chi connectivity index (χ1n) is 8.92. The molecule has 6 nitrogen and oxygen atoms in total. The van der Waals surface area contributed by atoms with Gasteiger partial charge in [0.25, 0.3) is 0 Å². The number of ether oxygens (including phenoxy) is 1. The van der Waals surface area contributed by atoms with Crippen molar-refractivity contribution in [2.45, 2.75) is 46.7 Å². The van der Waals surface area contributed by atoms with Crippen LogP contribution < -0.4 is 15.4 Å². The van der Waals surface area contributed by atoms with Crippen LogP contribution in [0.5, 0.6) is 5.75 Å². The molecule has 1 aromatic heterocycles. The first kappa shape index (κ1) is 23.2. The number of benzene rings is 1. The van der Waals surface area contributed by atoms with Gasteiger partial charge in [-0.15, -0.1) is 24.0 Å². The lowest BCUT2D eigenvalue weighted by molar-refractivity contribution is 0.321. The summed E-state index contributed by atoms with van der Waals surface area (Å²) in [5.74, 6) is 1.58. The summed E-state index contributed by atoms with van der Waals surface area (Å²) in [6.07, 6.45) is 0. The molecule has 0 bridgehead atoms. The summed E-state index contributed by atoms with van der Waals surface area (Å²) < 4.78 is 24.4. The molecule has 0 aliphatic rings. The lowest BCUT2D eigenvalue weighted by Crippen LogP contribution is -2.36. The Balaban J connectivity index is 0.00000364. The lowest BCUT2D eigenvalue weighted by atomic mass is 10.1. The molecule has 8 heteroatoms. The third-order valence-electron chi connectivity index (χ3n) is 3.66. The van der Waals surface area contributed by atoms with Gasteiger partial charge in [0.15, 0.2) is 23.3 Å². The molecule has 0 unspecified atom stereocenters. The van der Waals surface area contributed by atoms with E-state index in [-0.39, 0.29) is 35.5 Å². The van der Waals surface area contributed by atoms with Crippen LogP contribution in [0, 0.1) is 5.82 Å². The Kier molecular flexibility index (Phi) is 10.1. The van der Waals surface area contributed by atoms with Crippen molar-refractivity contribution in [2.24, 2.45) is 4.99 Å². The van der Waals surface area contributed by atoms with Crippen LogP contribution in [0.2, 0.25) is 0 Å². The van der Waals surface area contributed by atoms with Gasteiger partial charge in [-0.1, -0.05) is 25.1 Å². The number of guanidine groups is 1. The standard InChI is InChI=1S/C19H27FN4O2.HI/c1-5-21-19(23-12-15-10-17(13(3)4)24-26-15)22-11-14-7-8-18(25-6-2)16(20)9-14;/h7-10,13H,5-6,11-12H2,1-4H3,(H2,21,22,23);1H. The molecule has 0 aliphatic carbocycles. The normalized spacial score (nSPS) is 11.3. The van der Waals surface area contributed by atoms with E-state index in [1.54, 1.807) is 6.07 Å². The van der Waals surface area contributed by atoms with Gasteiger partial charge in [0.1, 0.15) is 0 Å². The summed E-state index contributed by atoms with van der Waals surface area (Å²) in [5.41, 5.74) is 1.69. The number of halogens is 2. The summed E-state index contributed by atoms with van der Waals surface area (Å²) in [7, 11) is 0. The highest BCUT2D eigenvalue weighted by Crippen LogP contribution is 2.18. The van der Waals surface area contributed by atoms with Crippen LogP contribution in [0.4, 0.5) is 4.39 Å². The largest absolute Gasteiger partial charge is 0.491 e. The molecule has 0 radical (unpaired) electrons. The van der Waals surface area contributed by atoms with Gasteiger partial charge in [0.05, 0.1) is 25.4 Å². The second kappa shape index (κ2) is 11.8. The minimum absolute atomic E-state index is 0. The second-order valence-corrected chi connectivity index (χ2v) is 6.12. The molecule has 0 saturated heterocycles. The Morgan fingerprint density at radius 1 is 1.26 bits per heavy atom. The van der Waals surface area contributed by atoms with Gasteiger partial charge < -0.3 is 19.9 Å². The van der Waals surface area contributed by atoms with E-state index in [1.165, 1.54) is 6.07 Å². The Hall–Kier alpha value is -1.84. The van der Waals surface area contributed by atoms with Gasteiger partial charge >= 0.3 is 0 Å². The minimum atomic E-state index is -0.375. The Bertz CT molecular complexity index is 734. The van der Waals surface area contributed by atoms with Crippen molar-refractivity contribution in [3.63, 3.8) is 0 Å². The molecule has 1 heterocycles. The molecule has 0 spiro atoms. The molecule has 0 saturated carbocycles. The summed E-state index contributed by atoms with van der Waals surface area (Å²) in [6, 6.07) is 6.82. The van der Waals surface area contributed by atoms with E-state index in [4.69, 9.17) is 9.26 Å². The van der Waals surface area contributed by atoms with Crippen LogP contribution >= 0.6 is 24.0 Å². The summed E-state index contributed by atoms with van der Waals surface area (Å²) in [5, 5.41) is 10.4. The van der Waals surface area contributed by atoms with Crippen molar-refractivity contribution in [1.29, 1.82) is 0 Å². The van der Waals surface area contributed by atoms with E-state index < -0.39 is 0 Å². The molecular weight excluding hydrogens is 462 g/mol. The van der Waals surface area contributed by atoms with Crippen molar-refractivity contribution < 1.29 is 13.7 Å². The molecule has 2 aromatic rings. The zero-order chi connectivity index (χ0) is 18.9. The first-order chi connectivity index (χ1) is 12.5. The zero-order valence-electron chi connectivity index (χ0n) is 16.2. The molecule has 0 atom stereocenters. The van der Waals surface area contributed by atoms with E-state index in [1.807, 2.05) is 26.0 Å². The average Bonchev–Trinajstić information content (AvgIpc) is 3.09. The Morgan fingerprint density at radius 2 is 2.04 bits per heavy atom. The van der Waals surface area contributed by atoms with Gasteiger partial charge in [-0.2, -0.15) is 0 Å². The highest BCUT2D eigenvalue weighted by molar-refractivity contribution is 14.0. The van der Waals surface area contributed by atoms with Crippen molar-refractivity contribution in [1.82, 2.24) is 15.8 Å². The molecule has 27 heavy (non-hydrogen) atoms. The lowest BCUT2D eigenvalue weighted by Gasteiger charge is -2.10. The van der Waals surface area contributed by atoms with Gasteiger partial charge in [-0.3, -0.25) is 0 Å². The third kappa shape index (κ3) is 7.36. The van der Waals surface area contributed by atoms with Crippen molar-refractivity contribution in [3.8, 4) is 5.75 Å². The number of aromatic nitrogens is 1. The van der Waals surface area contributed by atoms with E-state index in [0.717, 1.165) is 23.6 Å². The molecule has 0 aliphatic heterocycles. The molecule has 0 amide bonds. The molecule has 0 fully saturated rings. The predicted octanol–water partition coefficient (Wildman–Crippen LogP) is 4.21. The maximum absolute atomic E-state index is 13.9. The summed E-state index contributed by atoms with van der Waals surface area (Å²) in [4.78, 5) is 4.48. The summed E-state index contributed by atoms with van der Waals surface area (Å²) in [6.45, 7) is 9.92. The summed E-state index contributed by atoms with van der Waals surface area (Å²) >= 11 is 0. The fourth-order valence-electron chi connectivity index (χ4n) is 2.28. The molecule has 150 valence electrons. The van der Waals surface area contributed by atoms with Crippen LogP contribution in [0.1, 0.15) is 50.6 Å². The van der Waals surface area contributed by atoms with Crippen molar-refractivity contribution in [3.05, 3.63) is 47.1 Å². The number of nitrogens with one attached hydrogen (secondary N) is 2. The minimum Gasteiger partial charge on any atom is -0.491 e. The Morgan fingerprint density at radius 3 is 2.63 bits per heavy atom. The quantitative estimate of drug-likeness (QED) is 0.330. The van der Waals surface area contributed by atoms with E-state index in [2.05, 4.69) is 34.6 Å². The van der Waals surface area contributed by atoms with Gasteiger partial charge in [-0.05, 0) is 37.5 Å². The van der Waals surface area contributed by atoms with Gasteiger partial charge in [0, 0.05) is 12.6 Å².